The summed E-state index contributed by atoms with van der Waals surface area (Å²) < 4.78 is 5.57. The highest BCUT2D eigenvalue weighted by Crippen LogP contribution is 2.44. The van der Waals surface area contributed by atoms with Crippen molar-refractivity contribution in [3.63, 3.8) is 0 Å². The van der Waals surface area contributed by atoms with Crippen molar-refractivity contribution >= 4 is 17.9 Å². The lowest BCUT2D eigenvalue weighted by molar-refractivity contribution is -0.116. The van der Waals surface area contributed by atoms with E-state index in [9.17, 15) is 4.79 Å². The Kier molecular flexibility index (Phi) is 6.07. The van der Waals surface area contributed by atoms with Gasteiger partial charge in [-0.15, -0.1) is 0 Å². The highest BCUT2D eigenvalue weighted by atomic mass is 35.5. The lowest BCUT2D eigenvalue weighted by Crippen LogP contribution is -2.56. The van der Waals surface area contributed by atoms with Gasteiger partial charge in [0.1, 0.15) is 6.29 Å². The highest BCUT2D eigenvalue weighted by Gasteiger charge is 2.47. The Balaban J connectivity index is 1.49. The van der Waals surface area contributed by atoms with Crippen LogP contribution in [0.1, 0.15) is 29.9 Å². The minimum absolute atomic E-state index is 0.359. The van der Waals surface area contributed by atoms with Crippen LogP contribution in [0.15, 0.2) is 89.5 Å². The Morgan fingerprint density at radius 1 is 0.970 bits per heavy atom. The third-order valence-electron chi connectivity index (χ3n) is 6.53. The van der Waals surface area contributed by atoms with Crippen molar-refractivity contribution in [1.29, 1.82) is 0 Å². The topological polar surface area (TPSA) is 59.2 Å². The van der Waals surface area contributed by atoms with Crippen LogP contribution in [0.25, 0.3) is 11.4 Å². The second kappa shape index (κ2) is 9.30. The van der Waals surface area contributed by atoms with Crippen LogP contribution in [0.2, 0.25) is 5.02 Å². The number of rotatable bonds is 6. The fraction of sp³-hybridized carbons (Fsp3) is 0.222. The largest absolute Gasteiger partial charge is 0.338 e. The number of likely N-dealkylation sites (tertiary alicyclic amines) is 1. The summed E-state index contributed by atoms with van der Waals surface area (Å²) in [6, 6.07) is 27.6. The number of carbonyl (C=O) groups is 1. The summed E-state index contributed by atoms with van der Waals surface area (Å²) in [5, 5.41) is 4.80. The first kappa shape index (κ1) is 21.6. The molecule has 0 radical (unpaired) electrons. The summed E-state index contributed by atoms with van der Waals surface area (Å²) in [6.45, 7) is 1.19. The molecule has 3 aromatic carbocycles. The molecule has 0 amide bonds. The molecule has 5 nitrogen and oxygen atoms in total. The first-order valence-electron chi connectivity index (χ1n) is 11.1. The van der Waals surface area contributed by atoms with Gasteiger partial charge in [0, 0.05) is 16.0 Å². The molecule has 1 aliphatic rings. The Bertz CT molecular complexity index is 1170. The van der Waals surface area contributed by atoms with Crippen molar-refractivity contribution in [2.75, 3.05) is 6.54 Å². The van der Waals surface area contributed by atoms with E-state index < -0.39 is 5.41 Å². The number of aromatic nitrogens is 2. The molecule has 0 N–H and O–H groups in total. The molecule has 1 fully saturated rings. The van der Waals surface area contributed by atoms with Gasteiger partial charge in [-0.3, -0.25) is 4.90 Å². The third-order valence-corrected chi connectivity index (χ3v) is 6.78. The molecule has 33 heavy (non-hydrogen) atoms. The van der Waals surface area contributed by atoms with E-state index in [2.05, 4.69) is 39.3 Å². The average Bonchev–Trinajstić information content (AvgIpc) is 3.34. The van der Waals surface area contributed by atoms with Crippen LogP contribution < -0.4 is 0 Å². The minimum atomic E-state index is -0.443. The Labute approximate surface area is 198 Å². The number of aldehydes is 1. The van der Waals surface area contributed by atoms with E-state index in [1.807, 2.05) is 48.5 Å². The summed E-state index contributed by atoms with van der Waals surface area (Å²) in [6.07, 6.45) is 2.92. The van der Waals surface area contributed by atoms with Crippen molar-refractivity contribution in [2.24, 2.45) is 0 Å². The maximum Gasteiger partial charge on any atom is 0.241 e. The monoisotopic (exact) mass is 457 g/mol. The van der Waals surface area contributed by atoms with E-state index in [0.717, 1.165) is 42.4 Å². The highest BCUT2D eigenvalue weighted by molar-refractivity contribution is 6.30. The summed E-state index contributed by atoms with van der Waals surface area (Å²) in [7, 11) is 0. The van der Waals surface area contributed by atoms with E-state index in [-0.39, 0.29) is 6.04 Å². The second-order valence-corrected chi connectivity index (χ2v) is 8.81. The van der Waals surface area contributed by atoms with Crippen LogP contribution in [-0.2, 0) is 16.8 Å². The van der Waals surface area contributed by atoms with Crippen molar-refractivity contribution in [3.05, 3.63) is 107 Å². The van der Waals surface area contributed by atoms with Gasteiger partial charge < -0.3 is 9.32 Å². The quantitative estimate of drug-likeness (QED) is 0.356. The van der Waals surface area contributed by atoms with E-state index in [4.69, 9.17) is 16.1 Å². The smallest absolute Gasteiger partial charge is 0.241 e. The zero-order valence-electron chi connectivity index (χ0n) is 18.1. The molecule has 0 saturated carbocycles. The second-order valence-electron chi connectivity index (χ2n) is 8.38. The van der Waals surface area contributed by atoms with Crippen LogP contribution in [0.4, 0.5) is 0 Å². The molecule has 1 unspecified atom stereocenters. The molecular formula is C27H24ClN3O2. The van der Waals surface area contributed by atoms with Gasteiger partial charge in [-0.25, -0.2) is 0 Å². The van der Waals surface area contributed by atoms with Gasteiger partial charge in [-0.1, -0.05) is 77.4 Å². The molecule has 1 aromatic heterocycles. The van der Waals surface area contributed by atoms with Gasteiger partial charge >= 0.3 is 0 Å². The molecule has 2 heterocycles. The molecule has 0 spiro atoms. The molecule has 166 valence electrons. The first-order chi connectivity index (χ1) is 16.2. The molecule has 1 atom stereocenters. The molecule has 0 aliphatic carbocycles. The van der Waals surface area contributed by atoms with Gasteiger partial charge in [0.05, 0.1) is 12.6 Å². The molecule has 5 rings (SSSR count). The number of hydrogen-bond donors (Lipinski definition) is 0. The number of nitrogens with zero attached hydrogens (tertiary/aromatic N) is 3. The first-order valence-corrected chi connectivity index (χ1v) is 11.5. The van der Waals surface area contributed by atoms with Crippen LogP contribution in [-0.4, -0.2) is 33.9 Å². The van der Waals surface area contributed by atoms with Crippen molar-refractivity contribution < 1.29 is 9.32 Å². The van der Waals surface area contributed by atoms with Crippen molar-refractivity contribution in [3.8, 4) is 11.4 Å². The zero-order valence-corrected chi connectivity index (χ0v) is 18.9. The Morgan fingerprint density at radius 3 is 2.21 bits per heavy atom. The third kappa shape index (κ3) is 4.10. The number of carbonyl (C=O) groups excluding carboxylic acids is 1. The van der Waals surface area contributed by atoms with Crippen LogP contribution in [0.3, 0.4) is 0 Å². The fourth-order valence-electron chi connectivity index (χ4n) is 5.02. The predicted molar refractivity (Wildman–Crippen MR) is 128 cm³/mol. The van der Waals surface area contributed by atoms with Crippen molar-refractivity contribution in [2.45, 2.75) is 30.8 Å². The van der Waals surface area contributed by atoms with E-state index in [0.29, 0.717) is 23.3 Å². The Hall–Kier alpha value is -3.28. The van der Waals surface area contributed by atoms with Gasteiger partial charge in [0.15, 0.2) is 0 Å². The standard InChI is InChI=1S/C27H24ClN3O2/c28-23-14-12-20(13-15-23)26-29-25(33-30-26)18-31-17-7-16-27(24(31)19-32,21-8-3-1-4-9-21)22-10-5-2-6-11-22/h1-6,8-15,19,24H,7,16-18H2. The van der Waals surface area contributed by atoms with Gasteiger partial charge in [-0.2, -0.15) is 4.98 Å². The summed E-state index contributed by atoms with van der Waals surface area (Å²) >= 11 is 5.99. The molecular weight excluding hydrogens is 434 g/mol. The summed E-state index contributed by atoms with van der Waals surface area (Å²) in [5.41, 5.74) is 2.68. The maximum atomic E-state index is 12.7. The number of piperidine rings is 1. The van der Waals surface area contributed by atoms with Gasteiger partial charge in [0.25, 0.3) is 0 Å². The van der Waals surface area contributed by atoms with Crippen LogP contribution >= 0.6 is 11.6 Å². The Morgan fingerprint density at radius 2 is 1.61 bits per heavy atom. The van der Waals surface area contributed by atoms with Crippen LogP contribution in [0, 0.1) is 0 Å². The molecule has 4 aromatic rings. The molecule has 1 saturated heterocycles. The predicted octanol–water partition coefficient (Wildman–Crippen LogP) is 5.54. The molecule has 1 aliphatic heterocycles. The SMILES string of the molecule is O=CC1N(Cc2nc(-c3ccc(Cl)cc3)no2)CCCC1(c1ccccc1)c1ccccc1. The molecule has 6 heteroatoms. The lowest BCUT2D eigenvalue weighted by Gasteiger charge is -2.48. The van der Waals surface area contributed by atoms with E-state index in [1.54, 1.807) is 12.1 Å². The normalized spacial score (nSPS) is 18.2. The van der Waals surface area contributed by atoms with Gasteiger partial charge in [-0.05, 0) is 54.8 Å². The molecule has 0 bridgehead atoms. The number of benzene rings is 3. The lowest BCUT2D eigenvalue weighted by atomic mass is 9.64. The summed E-state index contributed by atoms with van der Waals surface area (Å²) in [5.74, 6) is 1.00. The minimum Gasteiger partial charge on any atom is -0.338 e. The maximum absolute atomic E-state index is 12.7. The van der Waals surface area contributed by atoms with Gasteiger partial charge in [0.2, 0.25) is 11.7 Å². The fourth-order valence-corrected chi connectivity index (χ4v) is 5.14. The zero-order chi connectivity index (χ0) is 22.7. The van der Waals surface area contributed by atoms with Crippen molar-refractivity contribution in [1.82, 2.24) is 15.0 Å². The number of halogens is 1. The van der Waals surface area contributed by atoms with E-state index >= 15 is 0 Å². The average molecular weight is 458 g/mol. The van der Waals surface area contributed by atoms with Crippen LogP contribution in [0.5, 0.6) is 0 Å². The van der Waals surface area contributed by atoms with E-state index in [1.165, 1.54) is 0 Å². The summed E-state index contributed by atoms with van der Waals surface area (Å²) in [4.78, 5) is 19.4. The number of hydrogen-bond acceptors (Lipinski definition) is 5.